The Morgan fingerprint density at radius 1 is 1.05 bits per heavy atom. The van der Waals surface area contributed by atoms with E-state index in [1.54, 1.807) is 0 Å². The Morgan fingerprint density at radius 2 is 1.68 bits per heavy atom. The Hall–Kier alpha value is -0.120. The lowest BCUT2D eigenvalue weighted by Gasteiger charge is -2.42. The number of hydrogen-bond donors (Lipinski definition) is 1. The van der Waals surface area contributed by atoms with Gasteiger partial charge >= 0.3 is 0 Å². The van der Waals surface area contributed by atoms with Crippen molar-refractivity contribution in [2.45, 2.75) is 70.4 Å². The number of likely N-dealkylation sites (tertiary alicyclic amines) is 2. The zero-order valence-electron chi connectivity index (χ0n) is 13.0. The largest absolute Gasteiger partial charge is 0.329 e. The van der Waals surface area contributed by atoms with Crippen molar-refractivity contribution in [3.8, 4) is 0 Å². The van der Waals surface area contributed by atoms with Crippen LogP contribution in [0.1, 0.15) is 58.8 Å². The number of rotatable bonds is 7. The van der Waals surface area contributed by atoms with Crippen LogP contribution in [0, 0.1) is 0 Å². The third-order valence-corrected chi connectivity index (χ3v) is 5.30. The molecular weight excluding hydrogens is 234 g/mol. The minimum atomic E-state index is 0.290. The van der Waals surface area contributed by atoms with Crippen molar-refractivity contribution in [3.63, 3.8) is 0 Å². The fraction of sp³-hybridized carbons (Fsp3) is 1.00. The summed E-state index contributed by atoms with van der Waals surface area (Å²) in [5, 5.41) is 0. The monoisotopic (exact) mass is 267 g/mol. The van der Waals surface area contributed by atoms with Crippen molar-refractivity contribution in [2.75, 3.05) is 32.7 Å². The molecule has 0 aromatic carbocycles. The second-order valence-electron chi connectivity index (χ2n) is 6.56. The van der Waals surface area contributed by atoms with Crippen LogP contribution in [-0.4, -0.2) is 54.1 Å². The molecule has 2 rings (SSSR count). The Balaban J connectivity index is 1.98. The first-order valence-electron chi connectivity index (χ1n) is 8.45. The number of hydrogen-bond acceptors (Lipinski definition) is 3. The molecule has 2 aliphatic heterocycles. The van der Waals surface area contributed by atoms with Gasteiger partial charge in [-0.1, -0.05) is 26.7 Å². The summed E-state index contributed by atoms with van der Waals surface area (Å²) in [6.07, 6.45) is 9.21. The summed E-state index contributed by atoms with van der Waals surface area (Å²) >= 11 is 0. The zero-order valence-corrected chi connectivity index (χ0v) is 13.0. The van der Waals surface area contributed by atoms with Crippen LogP contribution in [0.4, 0.5) is 0 Å². The molecule has 0 bridgehead atoms. The van der Waals surface area contributed by atoms with E-state index >= 15 is 0 Å². The fourth-order valence-electron chi connectivity index (χ4n) is 4.28. The summed E-state index contributed by atoms with van der Waals surface area (Å²) in [4.78, 5) is 5.46. The highest BCUT2D eigenvalue weighted by molar-refractivity contribution is 4.97. The molecule has 0 saturated carbocycles. The summed E-state index contributed by atoms with van der Waals surface area (Å²) in [5.74, 6) is 0. The molecule has 0 amide bonds. The molecule has 0 aromatic rings. The molecule has 0 aromatic heterocycles. The molecule has 2 saturated heterocycles. The highest BCUT2D eigenvalue weighted by Gasteiger charge is 2.40. The van der Waals surface area contributed by atoms with Gasteiger partial charge in [-0.15, -0.1) is 0 Å². The van der Waals surface area contributed by atoms with Crippen LogP contribution < -0.4 is 5.73 Å². The normalized spacial score (nSPS) is 26.4. The average molecular weight is 267 g/mol. The van der Waals surface area contributed by atoms with Crippen LogP contribution in [0.15, 0.2) is 0 Å². The number of nitrogens with zero attached hydrogens (tertiary/aromatic N) is 2. The van der Waals surface area contributed by atoms with Gasteiger partial charge in [-0.05, 0) is 45.2 Å². The molecule has 1 unspecified atom stereocenters. The zero-order chi connectivity index (χ0) is 13.7. The maximum Gasteiger partial charge on any atom is 0.0332 e. The van der Waals surface area contributed by atoms with Gasteiger partial charge in [0.25, 0.3) is 0 Å². The van der Waals surface area contributed by atoms with Gasteiger partial charge in [0, 0.05) is 31.2 Å². The highest BCUT2D eigenvalue weighted by Crippen LogP contribution is 2.32. The SMILES string of the molecule is CCCC(CN)(CCC)N1CCC(N2CCCC2)C1. The Bertz CT molecular complexity index is 255. The second kappa shape index (κ2) is 7.05. The van der Waals surface area contributed by atoms with E-state index in [0.717, 1.165) is 12.6 Å². The minimum absolute atomic E-state index is 0.290. The molecule has 0 radical (unpaired) electrons. The summed E-state index contributed by atoms with van der Waals surface area (Å²) in [6, 6.07) is 0.808. The molecular formula is C16H33N3. The van der Waals surface area contributed by atoms with Gasteiger partial charge in [-0.2, -0.15) is 0 Å². The summed E-state index contributed by atoms with van der Waals surface area (Å²) in [7, 11) is 0. The summed E-state index contributed by atoms with van der Waals surface area (Å²) in [6.45, 7) is 10.6. The molecule has 2 heterocycles. The molecule has 2 N–H and O–H groups in total. The predicted octanol–water partition coefficient (Wildman–Crippen LogP) is 2.45. The van der Waals surface area contributed by atoms with E-state index in [-0.39, 0.29) is 5.54 Å². The Labute approximate surface area is 119 Å². The first-order chi connectivity index (χ1) is 9.25. The maximum atomic E-state index is 6.20. The minimum Gasteiger partial charge on any atom is -0.329 e. The van der Waals surface area contributed by atoms with Gasteiger partial charge in [0.2, 0.25) is 0 Å². The lowest BCUT2D eigenvalue weighted by atomic mass is 9.87. The van der Waals surface area contributed by atoms with Crippen molar-refractivity contribution in [3.05, 3.63) is 0 Å². The fourth-order valence-corrected chi connectivity index (χ4v) is 4.28. The van der Waals surface area contributed by atoms with Crippen molar-refractivity contribution in [2.24, 2.45) is 5.73 Å². The maximum absolute atomic E-state index is 6.20. The van der Waals surface area contributed by atoms with E-state index in [9.17, 15) is 0 Å². The van der Waals surface area contributed by atoms with Crippen LogP contribution in [0.5, 0.6) is 0 Å². The van der Waals surface area contributed by atoms with Crippen molar-refractivity contribution in [1.29, 1.82) is 0 Å². The summed E-state index contributed by atoms with van der Waals surface area (Å²) < 4.78 is 0. The van der Waals surface area contributed by atoms with Crippen LogP contribution in [0.3, 0.4) is 0 Å². The topological polar surface area (TPSA) is 32.5 Å². The van der Waals surface area contributed by atoms with Gasteiger partial charge in [0.15, 0.2) is 0 Å². The molecule has 2 aliphatic rings. The Morgan fingerprint density at radius 3 is 2.21 bits per heavy atom. The van der Waals surface area contributed by atoms with E-state index in [4.69, 9.17) is 5.73 Å². The third kappa shape index (κ3) is 3.32. The van der Waals surface area contributed by atoms with Crippen LogP contribution >= 0.6 is 0 Å². The Kier molecular flexibility index (Phi) is 5.67. The van der Waals surface area contributed by atoms with Crippen LogP contribution in [0.25, 0.3) is 0 Å². The van der Waals surface area contributed by atoms with Crippen molar-refractivity contribution < 1.29 is 0 Å². The van der Waals surface area contributed by atoms with E-state index in [1.807, 2.05) is 0 Å². The lowest BCUT2D eigenvalue weighted by Crippen LogP contribution is -2.53. The van der Waals surface area contributed by atoms with Crippen molar-refractivity contribution in [1.82, 2.24) is 9.80 Å². The first kappa shape index (κ1) is 15.3. The van der Waals surface area contributed by atoms with Gasteiger partial charge in [-0.25, -0.2) is 0 Å². The smallest absolute Gasteiger partial charge is 0.0332 e. The van der Waals surface area contributed by atoms with Crippen LogP contribution in [-0.2, 0) is 0 Å². The van der Waals surface area contributed by atoms with E-state index in [1.165, 1.54) is 71.1 Å². The average Bonchev–Trinajstić information content (AvgIpc) is 3.08. The standard InChI is InChI=1S/C16H33N3/c1-3-8-16(14-17,9-4-2)19-12-7-15(13-19)18-10-5-6-11-18/h15H,3-14,17H2,1-2H3. The van der Waals surface area contributed by atoms with Crippen molar-refractivity contribution >= 4 is 0 Å². The highest BCUT2D eigenvalue weighted by atomic mass is 15.3. The van der Waals surface area contributed by atoms with Gasteiger partial charge in [0.1, 0.15) is 0 Å². The molecule has 3 nitrogen and oxygen atoms in total. The summed E-state index contributed by atoms with van der Waals surface area (Å²) in [5.41, 5.74) is 6.49. The number of nitrogens with two attached hydrogens (primary N) is 1. The molecule has 0 aliphatic carbocycles. The third-order valence-electron chi connectivity index (χ3n) is 5.30. The van der Waals surface area contributed by atoms with E-state index in [2.05, 4.69) is 23.6 Å². The molecule has 3 heteroatoms. The van der Waals surface area contributed by atoms with Crippen LogP contribution in [0.2, 0.25) is 0 Å². The molecule has 1 atom stereocenters. The first-order valence-corrected chi connectivity index (χ1v) is 8.45. The predicted molar refractivity (Wildman–Crippen MR) is 82.4 cm³/mol. The molecule has 0 spiro atoms. The lowest BCUT2D eigenvalue weighted by molar-refractivity contribution is 0.0907. The second-order valence-corrected chi connectivity index (χ2v) is 6.56. The molecule has 112 valence electrons. The quantitative estimate of drug-likeness (QED) is 0.769. The van der Waals surface area contributed by atoms with Gasteiger partial charge in [0.05, 0.1) is 0 Å². The van der Waals surface area contributed by atoms with Gasteiger partial charge < -0.3 is 5.73 Å². The molecule has 19 heavy (non-hydrogen) atoms. The van der Waals surface area contributed by atoms with Gasteiger partial charge in [-0.3, -0.25) is 9.80 Å². The molecule has 2 fully saturated rings. The van der Waals surface area contributed by atoms with E-state index in [0.29, 0.717) is 0 Å². The van der Waals surface area contributed by atoms with E-state index < -0.39 is 0 Å².